The van der Waals surface area contributed by atoms with Gasteiger partial charge in [0.05, 0.1) is 6.04 Å². The van der Waals surface area contributed by atoms with Crippen LogP contribution in [0, 0.1) is 0 Å². The van der Waals surface area contributed by atoms with E-state index in [0.29, 0.717) is 6.42 Å². The van der Waals surface area contributed by atoms with Gasteiger partial charge in [-0.1, -0.05) is 37.3 Å². The molecule has 0 radical (unpaired) electrons. The molecule has 88 valence electrons. The second kappa shape index (κ2) is 6.28. The van der Waals surface area contributed by atoms with Crippen LogP contribution in [0.5, 0.6) is 0 Å². The predicted octanol–water partition coefficient (Wildman–Crippen LogP) is 1.47. The third-order valence-electron chi connectivity index (χ3n) is 2.64. The van der Waals surface area contributed by atoms with Gasteiger partial charge >= 0.3 is 0 Å². The highest BCUT2D eigenvalue weighted by Crippen LogP contribution is 2.02. The highest BCUT2D eigenvalue weighted by molar-refractivity contribution is 5.82. The maximum Gasteiger partial charge on any atom is 0.237 e. The molecule has 0 aliphatic rings. The molecule has 3 heteroatoms. The summed E-state index contributed by atoms with van der Waals surface area (Å²) in [6.07, 6.45) is 1.51. The largest absolute Gasteiger partial charge is 0.352 e. The first-order valence-corrected chi connectivity index (χ1v) is 5.73. The van der Waals surface area contributed by atoms with Crippen molar-refractivity contribution in [3.63, 3.8) is 0 Å². The first-order chi connectivity index (χ1) is 7.63. The molecule has 3 N–H and O–H groups in total. The van der Waals surface area contributed by atoms with Gasteiger partial charge in [-0.25, -0.2) is 0 Å². The van der Waals surface area contributed by atoms with Crippen molar-refractivity contribution in [1.29, 1.82) is 0 Å². The molecule has 0 aliphatic carbocycles. The Morgan fingerprint density at radius 3 is 2.56 bits per heavy atom. The molecule has 1 amide bonds. The Morgan fingerprint density at radius 2 is 2.00 bits per heavy atom. The first-order valence-electron chi connectivity index (χ1n) is 5.73. The molecular formula is C13H20N2O. The monoisotopic (exact) mass is 220 g/mol. The highest BCUT2D eigenvalue weighted by atomic mass is 16.2. The average molecular weight is 220 g/mol. The van der Waals surface area contributed by atoms with Crippen LogP contribution in [0.15, 0.2) is 30.3 Å². The Hall–Kier alpha value is -1.35. The summed E-state index contributed by atoms with van der Waals surface area (Å²) in [5.41, 5.74) is 6.93. The number of hydrogen-bond acceptors (Lipinski definition) is 2. The number of nitrogens with one attached hydrogen (secondary N) is 1. The molecule has 0 saturated carbocycles. The van der Waals surface area contributed by atoms with E-state index in [1.165, 1.54) is 0 Å². The molecule has 0 fully saturated rings. The van der Waals surface area contributed by atoms with E-state index in [4.69, 9.17) is 5.73 Å². The van der Waals surface area contributed by atoms with Gasteiger partial charge in [0.15, 0.2) is 0 Å². The fourth-order valence-corrected chi connectivity index (χ4v) is 1.41. The molecule has 1 aromatic carbocycles. The van der Waals surface area contributed by atoms with Crippen molar-refractivity contribution in [3.05, 3.63) is 35.9 Å². The lowest BCUT2D eigenvalue weighted by atomic mass is 10.1. The fourth-order valence-electron chi connectivity index (χ4n) is 1.41. The Morgan fingerprint density at radius 1 is 1.38 bits per heavy atom. The molecule has 0 bridgehead atoms. The van der Waals surface area contributed by atoms with Crippen molar-refractivity contribution in [2.75, 3.05) is 0 Å². The normalized spacial score (nSPS) is 14.2. The van der Waals surface area contributed by atoms with Crippen molar-refractivity contribution >= 4 is 5.91 Å². The molecule has 1 aromatic rings. The summed E-state index contributed by atoms with van der Waals surface area (Å²) in [5.74, 6) is -0.0711. The Kier molecular flexibility index (Phi) is 4.99. The van der Waals surface area contributed by atoms with Crippen molar-refractivity contribution in [2.45, 2.75) is 38.8 Å². The third-order valence-corrected chi connectivity index (χ3v) is 2.64. The Bertz CT molecular complexity index is 324. The van der Waals surface area contributed by atoms with Crippen LogP contribution >= 0.6 is 0 Å². The molecule has 16 heavy (non-hydrogen) atoms. The molecular weight excluding hydrogens is 200 g/mol. The van der Waals surface area contributed by atoms with Crippen LogP contribution in [0.1, 0.15) is 25.8 Å². The van der Waals surface area contributed by atoms with Gasteiger partial charge in [0.1, 0.15) is 0 Å². The van der Waals surface area contributed by atoms with Crippen LogP contribution in [0.4, 0.5) is 0 Å². The average Bonchev–Trinajstić information content (AvgIpc) is 2.30. The Balaban J connectivity index is 2.46. The SMILES string of the molecule is CC[C@H](C)NC(=O)[C@@H](N)Cc1ccccc1. The van der Waals surface area contributed by atoms with Crippen molar-refractivity contribution in [1.82, 2.24) is 5.32 Å². The van der Waals surface area contributed by atoms with E-state index in [2.05, 4.69) is 5.32 Å². The summed E-state index contributed by atoms with van der Waals surface area (Å²) in [4.78, 5) is 11.7. The van der Waals surface area contributed by atoms with Crippen LogP contribution < -0.4 is 11.1 Å². The lowest BCUT2D eigenvalue weighted by molar-refractivity contribution is -0.122. The molecule has 0 heterocycles. The second-order valence-corrected chi connectivity index (χ2v) is 4.11. The zero-order valence-corrected chi connectivity index (χ0v) is 9.94. The van der Waals surface area contributed by atoms with E-state index in [0.717, 1.165) is 12.0 Å². The second-order valence-electron chi connectivity index (χ2n) is 4.11. The standard InChI is InChI=1S/C13H20N2O/c1-3-10(2)15-13(16)12(14)9-11-7-5-4-6-8-11/h4-8,10,12H,3,9,14H2,1-2H3,(H,15,16)/t10-,12-/m0/s1. The topological polar surface area (TPSA) is 55.1 Å². The van der Waals surface area contributed by atoms with Crippen molar-refractivity contribution in [2.24, 2.45) is 5.73 Å². The maximum atomic E-state index is 11.7. The van der Waals surface area contributed by atoms with E-state index < -0.39 is 6.04 Å². The van der Waals surface area contributed by atoms with Gasteiger partial charge in [-0.2, -0.15) is 0 Å². The van der Waals surface area contributed by atoms with Gasteiger partial charge in [0.25, 0.3) is 0 Å². The molecule has 3 nitrogen and oxygen atoms in total. The minimum absolute atomic E-state index is 0.0711. The summed E-state index contributed by atoms with van der Waals surface area (Å²) in [5, 5.41) is 2.89. The minimum Gasteiger partial charge on any atom is -0.352 e. The van der Waals surface area contributed by atoms with Crippen LogP contribution in [-0.2, 0) is 11.2 Å². The van der Waals surface area contributed by atoms with Crippen LogP contribution in [-0.4, -0.2) is 18.0 Å². The number of hydrogen-bond donors (Lipinski definition) is 2. The Labute approximate surface area is 97.0 Å². The first kappa shape index (κ1) is 12.7. The van der Waals surface area contributed by atoms with Gasteiger partial charge in [-0.3, -0.25) is 4.79 Å². The van der Waals surface area contributed by atoms with Crippen molar-refractivity contribution < 1.29 is 4.79 Å². The molecule has 0 aromatic heterocycles. The summed E-state index contributed by atoms with van der Waals surface area (Å²) < 4.78 is 0. The molecule has 0 spiro atoms. The number of nitrogens with two attached hydrogens (primary N) is 1. The number of carbonyl (C=O) groups excluding carboxylic acids is 1. The van der Waals surface area contributed by atoms with E-state index in [-0.39, 0.29) is 11.9 Å². The zero-order chi connectivity index (χ0) is 12.0. The third kappa shape index (κ3) is 4.03. The van der Waals surface area contributed by atoms with Gasteiger partial charge in [0, 0.05) is 6.04 Å². The van der Waals surface area contributed by atoms with E-state index in [1.54, 1.807) is 0 Å². The van der Waals surface area contributed by atoms with E-state index in [9.17, 15) is 4.79 Å². The summed E-state index contributed by atoms with van der Waals surface area (Å²) in [6.45, 7) is 4.01. The number of amides is 1. The molecule has 2 atom stereocenters. The maximum absolute atomic E-state index is 11.7. The predicted molar refractivity (Wildman–Crippen MR) is 66.0 cm³/mol. The summed E-state index contributed by atoms with van der Waals surface area (Å²) in [7, 11) is 0. The molecule has 1 rings (SSSR count). The molecule has 0 saturated heterocycles. The lowest BCUT2D eigenvalue weighted by Crippen LogP contribution is -2.45. The smallest absolute Gasteiger partial charge is 0.237 e. The summed E-state index contributed by atoms with van der Waals surface area (Å²) >= 11 is 0. The van der Waals surface area contributed by atoms with Gasteiger partial charge in [0.2, 0.25) is 5.91 Å². The number of carbonyl (C=O) groups is 1. The van der Waals surface area contributed by atoms with E-state index >= 15 is 0 Å². The van der Waals surface area contributed by atoms with Gasteiger partial charge in [-0.15, -0.1) is 0 Å². The van der Waals surface area contributed by atoms with Crippen molar-refractivity contribution in [3.8, 4) is 0 Å². The van der Waals surface area contributed by atoms with Gasteiger partial charge in [-0.05, 0) is 25.3 Å². The summed E-state index contributed by atoms with van der Waals surface area (Å²) in [6, 6.07) is 9.55. The quantitative estimate of drug-likeness (QED) is 0.789. The molecule has 0 unspecified atom stereocenters. The highest BCUT2D eigenvalue weighted by Gasteiger charge is 2.15. The van der Waals surface area contributed by atoms with E-state index in [1.807, 2.05) is 44.2 Å². The van der Waals surface area contributed by atoms with Crippen LogP contribution in [0.2, 0.25) is 0 Å². The zero-order valence-electron chi connectivity index (χ0n) is 9.94. The molecule has 0 aliphatic heterocycles. The number of benzene rings is 1. The van der Waals surface area contributed by atoms with Gasteiger partial charge < -0.3 is 11.1 Å². The lowest BCUT2D eigenvalue weighted by Gasteiger charge is -2.16. The number of rotatable bonds is 5. The fraction of sp³-hybridized carbons (Fsp3) is 0.462. The van der Waals surface area contributed by atoms with Crippen LogP contribution in [0.3, 0.4) is 0 Å². The minimum atomic E-state index is -0.462. The van der Waals surface area contributed by atoms with Crippen LogP contribution in [0.25, 0.3) is 0 Å².